The molecule has 7 heteroatoms. The third-order valence-corrected chi connectivity index (χ3v) is 5.12. The normalized spacial score (nSPS) is 10.9. The van der Waals surface area contributed by atoms with Crippen LogP contribution < -0.4 is 15.4 Å². The zero-order valence-corrected chi connectivity index (χ0v) is 14.2. The van der Waals surface area contributed by atoms with Crippen LogP contribution in [0.25, 0.3) is 0 Å². The summed E-state index contributed by atoms with van der Waals surface area (Å²) in [5.41, 5.74) is 0.840. The van der Waals surface area contributed by atoms with Crippen molar-refractivity contribution in [3.05, 3.63) is 60.2 Å². The second kappa shape index (κ2) is 8.35. The fourth-order valence-electron chi connectivity index (χ4n) is 2.13. The summed E-state index contributed by atoms with van der Waals surface area (Å²) in [6.45, 7) is 0.330. The molecule has 0 aliphatic heterocycles. The molecule has 24 heavy (non-hydrogen) atoms. The predicted octanol–water partition coefficient (Wildman–Crippen LogP) is 1.97. The van der Waals surface area contributed by atoms with E-state index in [9.17, 15) is 13.2 Å². The number of urea groups is 1. The van der Waals surface area contributed by atoms with Crippen molar-refractivity contribution in [3.8, 4) is 5.75 Å². The van der Waals surface area contributed by atoms with E-state index in [4.69, 9.17) is 4.74 Å². The van der Waals surface area contributed by atoms with Gasteiger partial charge in [0.1, 0.15) is 5.75 Å². The van der Waals surface area contributed by atoms with Gasteiger partial charge in [-0.05, 0) is 18.2 Å². The predicted molar refractivity (Wildman–Crippen MR) is 91.7 cm³/mol. The summed E-state index contributed by atoms with van der Waals surface area (Å²) < 4.78 is 29.4. The number of ether oxygens (including phenoxy) is 1. The lowest BCUT2D eigenvalue weighted by atomic mass is 10.2. The molecule has 2 aromatic rings. The number of hydrogen-bond donors (Lipinski definition) is 2. The molecule has 0 unspecified atom stereocenters. The lowest BCUT2D eigenvalue weighted by Crippen LogP contribution is -2.37. The Kier molecular flexibility index (Phi) is 6.20. The zero-order valence-electron chi connectivity index (χ0n) is 13.4. The second-order valence-electron chi connectivity index (χ2n) is 5.05. The molecule has 0 heterocycles. The third kappa shape index (κ3) is 4.99. The molecule has 0 aliphatic carbocycles. The minimum atomic E-state index is -3.40. The average Bonchev–Trinajstić information content (AvgIpc) is 2.61. The molecule has 0 bridgehead atoms. The highest BCUT2D eigenvalue weighted by Gasteiger charge is 2.14. The maximum Gasteiger partial charge on any atom is 0.315 e. The Labute approximate surface area is 141 Å². The first-order chi connectivity index (χ1) is 11.5. The zero-order chi connectivity index (χ0) is 17.4. The minimum absolute atomic E-state index is 0.0367. The number of sulfone groups is 1. The van der Waals surface area contributed by atoms with Crippen LogP contribution in [0.4, 0.5) is 4.79 Å². The summed E-state index contributed by atoms with van der Waals surface area (Å²) in [5.74, 6) is 0.531. The van der Waals surface area contributed by atoms with Gasteiger partial charge in [-0.1, -0.05) is 36.4 Å². The van der Waals surface area contributed by atoms with Crippen molar-refractivity contribution in [3.63, 3.8) is 0 Å². The lowest BCUT2D eigenvalue weighted by molar-refractivity contribution is 0.241. The molecule has 0 saturated carbocycles. The number of hydrogen-bond acceptors (Lipinski definition) is 4. The van der Waals surface area contributed by atoms with Crippen molar-refractivity contribution >= 4 is 15.9 Å². The standard InChI is InChI=1S/C17H20N2O4S/c1-23-16-10-6-5-7-14(16)13-19-17(20)18-11-12-24(21,22)15-8-3-2-4-9-15/h2-10H,11-13H2,1H3,(H2,18,19,20). The van der Waals surface area contributed by atoms with Crippen LogP contribution >= 0.6 is 0 Å². The van der Waals surface area contributed by atoms with Gasteiger partial charge < -0.3 is 15.4 Å². The van der Waals surface area contributed by atoms with Crippen molar-refractivity contribution in [1.29, 1.82) is 0 Å². The topological polar surface area (TPSA) is 84.5 Å². The molecule has 0 radical (unpaired) electrons. The fourth-order valence-corrected chi connectivity index (χ4v) is 3.31. The number of amides is 2. The molecule has 0 atom stereocenters. The van der Waals surface area contributed by atoms with Crippen molar-refractivity contribution in [2.75, 3.05) is 19.4 Å². The molecule has 2 aromatic carbocycles. The molecule has 2 amide bonds. The van der Waals surface area contributed by atoms with Crippen LogP contribution in [0.2, 0.25) is 0 Å². The molecule has 128 valence electrons. The maximum absolute atomic E-state index is 12.1. The molecule has 2 rings (SSSR count). The first-order valence-electron chi connectivity index (χ1n) is 7.44. The van der Waals surface area contributed by atoms with E-state index < -0.39 is 15.9 Å². The smallest absolute Gasteiger partial charge is 0.315 e. The van der Waals surface area contributed by atoms with Gasteiger partial charge in [-0.2, -0.15) is 0 Å². The molecular formula is C17H20N2O4S. The van der Waals surface area contributed by atoms with Gasteiger partial charge in [0.05, 0.1) is 17.8 Å². The van der Waals surface area contributed by atoms with E-state index in [1.165, 1.54) is 12.1 Å². The van der Waals surface area contributed by atoms with Gasteiger partial charge in [0.2, 0.25) is 0 Å². The van der Waals surface area contributed by atoms with Gasteiger partial charge in [0.15, 0.2) is 9.84 Å². The average molecular weight is 348 g/mol. The number of nitrogens with one attached hydrogen (secondary N) is 2. The summed E-state index contributed by atoms with van der Waals surface area (Å²) in [7, 11) is -1.83. The Morgan fingerprint density at radius 3 is 2.38 bits per heavy atom. The summed E-state index contributed by atoms with van der Waals surface area (Å²) in [6, 6.07) is 15.1. The van der Waals surface area contributed by atoms with Crippen LogP contribution in [0.1, 0.15) is 5.56 Å². The Morgan fingerprint density at radius 2 is 1.67 bits per heavy atom. The molecule has 6 nitrogen and oxygen atoms in total. The highest BCUT2D eigenvalue weighted by molar-refractivity contribution is 7.91. The third-order valence-electron chi connectivity index (χ3n) is 3.39. The number of benzene rings is 2. The van der Waals surface area contributed by atoms with Crippen molar-refractivity contribution in [2.45, 2.75) is 11.4 Å². The summed E-state index contributed by atoms with van der Waals surface area (Å²) in [5, 5.41) is 5.22. The second-order valence-corrected chi connectivity index (χ2v) is 7.16. The minimum Gasteiger partial charge on any atom is -0.496 e. The van der Waals surface area contributed by atoms with Crippen molar-refractivity contribution in [2.24, 2.45) is 0 Å². The van der Waals surface area contributed by atoms with Gasteiger partial charge in [-0.15, -0.1) is 0 Å². The van der Waals surface area contributed by atoms with Crippen molar-refractivity contribution < 1.29 is 17.9 Å². The number of para-hydroxylation sites is 1. The van der Waals surface area contributed by atoms with Crippen LogP contribution in [0.15, 0.2) is 59.5 Å². The lowest BCUT2D eigenvalue weighted by Gasteiger charge is -2.10. The van der Waals surface area contributed by atoms with Crippen LogP contribution in [0, 0.1) is 0 Å². The van der Waals surface area contributed by atoms with E-state index in [0.717, 1.165) is 5.56 Å². The fraction of sp³-hybridized carbons (Fsp3) is 0.235. The number of carbonyl (C=O) groups excluding carboxylic acids is 1. The van der Waals surface area contributed by atoms with Gasteiger partial charge in [-0.25, -0.2) is 13.2 Å². The molecule has 2 N–H and O–H groups in total. The van der Waals surface area contributed by atoms with Crippen LogP contribution in [0.3, 0.4) is 0 Å². The largest absolute Gasteiger partial charge is 0.496 e. The van der Waals surface area contributed by atoms with Gasteiger partial charge in [-0.3, -0.25) is 0 Å². The summed E-state index contributed by atoms with van der Waals surface area (Å²) in [4.78, 5) is 12.0. The van der Waals surface area contributed by atoms with E-state index in [1.54, 1.807) is 31.4 Å². The SMILES string of the molecule is COc1ccccc1CNC(=O)NCCS(=O)(=O)c1ccccc1. The van der Waals surface area contributed by atoms with Gasteiger partial charge in [0, 0.05) is 18.7 Å². The van der Waals surface area contributed by atoms with Gasteiger partial charge in [0.25, 0.3) is 0 Å². The molecule has 0 saturated heterocycles. The van der Waals surface area contributed by atoms with Crippen LogP contribution in [-0.4, -0.2) is 33.9 Å². The quantitative estimate of drug-likeness (QED) is 0.801. The van der Waals surface area contributed by atoms with Gasteiger partial charge >= 0.3 is 6.03 Å². The number of rotatable bonds is 7. The van der Waals surface area contributed by atoms with E-state index in [1.807, 2.05) is 18.2 Å². The van der Waals surface area contributed by atoms with Crippen molar-refractivity contribution in [1.82, 2.24) is 10.6 Å². The Hall–Kier alpha value is -2.54. The highest BCUT2D eigenvalue weighted by Crippen LogP contribution is 2.16. The summed E-state index contributed by atoms with van der Waals surface area (Å²) >= 11 is 0. The van der Waals surface area contributed by atoms with E-state index >= 15 is 0 Å². The van der Waals surface area contributed by atoms with E-state index in [-0.39, 0.29) is 17.2 Å². The maximum atomic E-state index is 12.1. The summed E-state index contributed by atoms with van der Waals surface area (Å²) in [6.07, 6.45) is 0. The number of methoxy groups -OCH3 is 1. The number of carbonyl (C=O) groups is 1. The van der Waals surface area contributed by atoms with E-state index in [2.05, 4.69) is 10.6 Å². The van der Waals surface area contributed by atoms with E-state index in [0.29, 0.717) is 12.3 Å². The first kappa shape index (κ1) is 17.8. The first-order valence-corrected chi connectivity index (χ1v) is 9.09. The molecule has 0 fully saturated rings. The molecule has 0 aliphatic rings. The Morgan fingerprint density at radius 1 is 1.00 bits per heavy atom. The monoisotopic (exact) mass is 348 g/mol. The Balaban J connectivity index is 1.79. The molecule has 0 spiro atoms. The molecule has 0 aromatic heterocycles. The highest BCUT2D eigenvalue weighted by atomic mass is 32.2. The Bertz CT molecular complexity index is 776. The van der Waals surface area contributed by atoms with Crippen LogP contribution in [-0.2, 0) is 16.4 Å². The van der Waals surface area contributed by atoms with Crippen LogP contribution in [0.5, 0.6) is 5.75 Å². The molecular weight excluding hydrogens is 328 g/mol.